The van der Waals surface area contributed by atoms with Crippen molar-refractivity contribution in [1.29, 1.82) is 0 Å². The van der Waals surface area contributed by atoms with Crippen LogP contribution in [0, 0.1) is 10.1 Å². The summed E-state index contributed by atoms with van der Waals surface area (Å²) in [6.07, 6.45) is 2.89. The summed E-state index contributed by atoms with van der Waals surface area (Å²) in [5.74, 6) is -0.130. The Kier molecular flexibility index (Phi) is 3.04. The molecule has 88 valence electrons. The molecule has 0 atom stereocenters. The number of nitrogens with zero attached hydrogens (tertiary/aromatic N) is 3. The Morgan fingerprint density at radius 3 is 3.00 bits per heavy atom. The molecule has 0 spiro atoms. The first kappa shape index (κ1) is 11.1. The highest BCUT2D eigenvalue weighted by Gasteiger charge is 2.09. The summed E-state index contributed by atoms with van der Waals surface area (Å²) in [4.78, 5) is 13.7. The number of nitrogens with one attached hydrogen (secondary N) is 1. The summed E-state index contributed by atoms with van der Waals surface area (Å²) >= 11 is 0. The van der Waals surface area contributed by atoms with Gasteiger partial charge in [0.05, 0.1) is 6.54 Å². The first-order chi connectivity index (χ1) is 8.19. The predicted octanol–water partition coefficient (Wildman–Crippen LogP) is 1.88. The van der Waals surface area contributed by atoms with Crippen molar-refractivity contribution in [3.8, 4) is 0 Å². The molecular formula is C11H12N4O2. The Labute approximate surface area is 98.1 Å². The molecule has 1 N–H and O–H groups in total. The first-order valence-electron chi connectivity index (χ1n) is 5.12. The smallest absolute Gasteiger partial charge is 0.381 e. The van der Waals surface area contributed by atoms with Gasteiger partial charge in [0.2, 0.25) is 6.33 Å². The van der Waals surface area contributed by atoms with Gasteiger partial charge in [0.25, 0.3) is 0 Å². The van der Waals surface area contributed by atoms with Crippen LogP contribution in [0.25, 0.3) is 0 Å². The third-order valence-electron chi connectivity index (χ3n) is 2.39. The van der Waals surface area contributed by atoms with Crippen molar-refractivity contribution in [2.45, 2.75) is 6.54 Å². The minimum absolute atomic E-state index is 0.130. The summed E-state index contributed by atoms with van der Waals surface area (Å²) < 4.78 is 1.69. The Bertz CT molecular complexity index is 536. The van der Waals surface area contributed by atoms with E-state index in [2.05, 4.69) is 10.3 Å². The summed E-state index contributed by atoms with van der Waals surface area (Å²) in [6, 6.07) is 7.85. The zero-order chi connectivity index (χ0) is 12.3. The van der Waals surface area contributed by atoms with E-state index in [1.165, 1.54) is 12.5 Å². The molecule has 0 saturated heterocycles. The lowest BCUT2D eigenvalue weighted by Crippen LogP contribution is -1.97. The normalized spacial score (nSPS) is 10.2. The van der Waals surface area contributed by atoms with Crippen LogP contribution >= 0.6 is 0 Å². The number of imidazole rings is 1. The van der Waals surface area contributed by atoms with Crippen molar-refractivity contribution < 1.29 is 4.92 Å². The highest BCUT2D eigenvalue weighted by molar-refractivity contribution is 5.45. The van der Waals surface area contributed by atoms with E-state index in [4.69, 9.17) is 0 Å². The van der Waals surface area contributed by atoms with Crippen molar-refractivity contribution in [1.82, 2.24) is 9.55 Å². The molecule has 1 aromatic carbocycles. The highest BCUT2D eigenvalue weighted by atomic mass is 16.6. The maximum absolute atomic E-state index is 10.5. The number of anilines is 1. The van der Waals surface area contributed by atoms with E-state index in [0.29, 0.717) is 6.54 Å². The number of rotatable bonds is 4. The molecule has 0 radical (unpaired) electrons. The van der Waals surface area contributed by atoms with Crippen LogP contribution < -0.4 is 5.32 Å². The minimum atomic E-state index is -0.499. The van der Waals surface area contributed by atoms with Crippen molar-refractivity contribution >= 4 is 11.5 Å². The molecule has 1 heterocycles. The summed E-state index contributed by atoms with van der Waals surface area (Å²) in [6.45, 7) is 0.566. The van der Waals surface area contributed by atoms with Crippen molar-refractivity contribution in [2.24, 2.45) is 0 Å². The Morgan fingerprint density at radius 2 is 2.35 bits per heavy atom. The van der Waals surface area contributed by atoms with Gasteiger partial charge in [-0.2, -0.15) is 0 Å². The predicted molar refractivity (Wildman–Crippen MR) is 64.0 cm³/mol. The molecule has 0 unspecified atom stereocenters. The van der Waals surface area contributed by atoms with Crippen LogP contribution in [0.15, 0.2) is 36.8 Å². The molecule has 0 amide bonds. The third kappa shape index (κ3) is 2.60. The number of benzene rings is 1. The largest absolute Gasteiger partial charge is 0.388 e. The van der Waals surface area contributed by atoms with Gasteiger partial charge in [-0.15, -0.1) is 0 Å². The second-order valence-electron chi connectivity index (χ2n) is 3.61. The minimum Gasteiger partial charge on any atom is -0.388 e. The van der Waals surface area contributed by atoms with Crippen LogP contribution in [-0.2, 0) is 6.54 Å². The molecule has 1 aromatic heterocycles. The van der Waals surface area contributed by atoms with Gasteiger partial charge in [-0.25, -0.2) is 0 Å². The molecule has 6 nitrogen and oxygen atoms in total. The van der Waals surface area contributed by atoms with Gasteiger partial charge in [-0.1, -0.05) is 12.1 Å². The Morgan fingerprint density at radius 1 is 1.53 bits per heavy atom. The lowest BCUT2D eigenvalue weighted by atomic mass is 10.2. The number of hydrogen-bond acceptors (Lipinski definition) is 4. The van der Waals surface area contributed by atoms with Crippen LogP contribution in [0.2, 0.25) is 0 Å². The van der Waals surface area contributed by atoms with E-state index in [0.717, 1.165) is 11.3 Å². The average Bonchev–Trinajstić information content (AvgIpc) is 2.78. The fraction of sp³-hybridized carbons (Fsp3) is 0.182. The van der Waals surface area contributed by atoms with Gasteiger partial charge in [0, 0.05) is 12.7 Å². The molecule has 0 bridgehead atoms. The second kappa shape index (κ2) is 4.65. The monoisotopic (exact) mass is 232 g/mol. The molecule has 0 saturated carbocycles. The van der Waals surface area contributed by atoms with Crippen LogP contribution in [-0.4, -0.2) is 21.5 Å². The van der Waals surface area contributed by atoms with Crippen LogP contribution in [0.1, 0.15) is 5.56 Å². The zero-order valence-corrected chi connectivity index (χ0v) is 9.33. The molecule has 0 aliphatic carbocycles. The molecule has 17 heavy (non-hydrogen) atoms. The van der Waals surface area contributed by atoms with Gasteiger partial charge in [0.1, 0.15) is 6.20 Å². The van der Waals surface area contributed by atoms with E-state index in [1.807, 2.05) is 31.3 Å². The maximum Gasteiger partial charge on any atom is 0.381 e. The van der Waals surface area contributed by atoms with Crippen molar-refractivity contribution in [3.63, 3.8) is 0 Å². The van der Waals surface area contributed by atoms with E-state index in [9.17, 15) is 10.1 Å². The van der Waals surface area contributed by atoms with Gasteiger partial charge in [-0.3, -0.25) is 0 Å². The third-order valence-corrected chi connectivity index (χ3v) is 2.39. The van der Waals surface area contributed by atoms with Gasteiger partial charge in [0.15, 0.2) is 0 Å². The Hall–Kier alpha value is -2.37. The van der Waals surface area contributed by atoms with E-state index in [-0.39, 0.29) is 5.82 Å². The van der Waals surface area contributed by atoms with E-state index in [1.54, 1.807) is 4.57 Å². The summed E-state index contributed by atoms with van der Waals surface area (Å²) in [5.41, 5.74) is 2.07. The molecule has 0 fully saturated rings. The average molecular weight is 232 g/mol. The van der Waals surface area contributed by atoms with Crippen molar-refractivity contribution in [3.05, 3.63) is 52.5 Å². The number of nitro groups is 1. The van der Waals surface area contributed by atoms with Gasteiger partial charge >= 0.3 is 5.82 Å². The molecular weight excluding hydrogens is 220 g/mol. The molecule has 0 aliphatic rings. The lowest BCUT2D eigenvalue weighted by molar-refractivity contribution is -0.389. The van der Waals surface area contributed by atoms with Crippen LogP contribution in [0.3, 0.4) is 0 Å². The quantitative estimate of drug-likeness (QED) is 0.645. The van der Waals surface area contributed by atoms with Gasteiger partial charge in [-0.05, 0) is 27.6 Å². The fourth-order valence-corrected chi connectivity index (χ4v) is 1.57. The zero-order valence-electron chi connectivity index (χ0n) is 9.33. The second-order valence-corrected chi connectivity index (χ2v) is 3.61. The molecule has 2 aromatic rings. The van der Waals surface area contributed by atoms with E-state index >= 15 is 0 Å². The van der Waals surface area contributed by atoms with Crippen LogP contribution in [0.5, 0.6) is 0 Å². The summed E-state index contributed by atoms with van der Waals surface area (Å²) in [5, 5.41) is 13.5. The van der Waals surface area contributed by atoms with Crippen LogP contribution in [0.4, 0.5) is 11.5 Å². The topological polar surface area (TPSA) is 73.0 Å². The maximum atomic E-state index is 10.5. The van der Waals surface area contributed by atoms with Crippen molar-refractivity contribution in [2.75, 3.05) is 12.4 Å². The van der Waals surface area contributed by atoms with E-state index < -0.39 is 4.92 Å². The standard InChI is InChI=1S/C11H12N4O2/c1-12-10-4-2-3-9(5-10)6-14-7-11(13-8-14)15(16)17/h2-5,7-8,12H,6H2,1H3. The molecule has 2 rings (SSSR count). The fourth-order valence-electron chi connectivity index (χ4n) is 1.57. The lowest BCUT2D eigenvalue weighted by Gasteiger charge is -2.04. The SMILES string of the molecule is CNc1cccc(Cn2cnc([N+](=O)[O-])c2)c1. The summed E-state index contributed by atoms with van der Waals surface area (Å²) in [7, 11) is 1.85. The Balaban J connectivity index is 2.16. The molecule has 6 heteroatoms. The number of aromatic nitrogens is 2. The number of hydrogen-bond donors (Lipinski definition) is 1. The molecule has 0 aliphatic heterocycles. The highest BCUT2D eigenvalue weighted by Crippen LogP contribution is 2.13. The first-order valence-corrected chi connectivity index (χ1v) is 5.12. The van der Waals surface area contributed by atoms with Gasteiger partial charge < -0.3 is 20.0 Å².